The van der Waals surface area contributed by atoms with E-state index in [1.54, 1.807) is 18.2 Å². The maximum atomic E-state index is 12.3. The van der Waals surface area contributed by atoms with Crippen molar-refractivity contribution in [2.24, 2.45) is 0 Å². The van der Waals surface area contributed by atoms with E-state index in [4.69, 9.17) is 4.74 Å². The van der Waals surface area contributed by atoms with E-state index in [-0.39, 0.29) is 16.7 Å². The molecule has 1 unspecified atom stereocenters. The number of fused-ring (bicyclic) bond motifs is 1. The van der Waals surface area contributed by atoms with Gasteiger partial charge in [0.05, 0.1) is 16.5 Å². The van der Waals surface area contributed by atoms with Gasteiger partial charge in [0.25, 0.3) is 5.91 Å². The number of carbonyl (C=O) groups is 3. The minimum absolute atomic E-state index is 0.107. The molecule has 2 N–H and O–H groups in total. The van der Waals surface area contributed by atoms with Crippen LogP contribution in [0.2, 0.25) is 0 Å². The van der Waals surface area contributed by atoms with Crippen molar-refractivity contribution in [1.29, 1.82) is 0 Å². The van der Waals surface area contributed by atoms with Crippen molar-refractivity contribution in [2.45, 2.75) is 30.9 Å². The molecular weight excluding hydrogens is 402 g/mol. The molecule has 2 amide bonds. The molecule has 1 aliphatic rings. The van der Waals surface area contributed by atoms with Crippen LogP contribution in [-0.4, -0.2) is 42.7 Å². The number of nitrogens with zero attached hydrogens (tertiary/aromatic N) is 1. The minimum Gasteiger partial charge on any atom is -0.452 e. The number of ether oxygens (including phenoxy) is 1. The fourth-order valence-corrected chi connectivity index (χ4v) is 4.02. The smallest absolute Gasteiger partial charge is 0.338 e. The van der Waals surface area contributed by atoms with Gasteiger partial charge in [-0.2, -0.15) is 0 Å². The van der Waals surface area contributed by atoms with Crippen molar-refractivity contribution in [3.63, 3.8) is 0 Å². The third-order valence-corrected chi connectivity index (χ3v) is 5.94. The van der Waals surface area contributed by atoms with Gasteiger partial charge in [-0.05, 0) is 63.2 Å². The van der Waals surface area contributed by atoms with Crippen molar-refractivity contribution in [1.82, 2.24) is 0 Å². The van der Waals surface area contributed by atoms with Crippen LogP contribution in [0.3, 0.4) is 0 Å². The van der Waals surface area contributed by atoms with Crippen molar-refractivity contribution >= 4 is 46.6 Å². The Morgan fingerprint density at radius 3 is 2.50 bits per heavy atom. The fraction of sp³-hybridized carbons (Fsp3) is 0.318. The van der Waals surface area contributed by atoms with Crippen LogP contribution in [0.5, 0.6) is 0 Å². The number of hydrogen-bond donors (Lipinski definition) is 2. The summed E-state index contributed by atoms with van der Waals surface area (Å²) in [6.07, 6.45) is 0. The summed E-state index contributed by atoms with van der Waals surface area (Å²) >= 11 is 1.43. The van der Waals surface area contributed by atoms with Crippen molar-refractivity contribution in [3.05, 3.63) is 48.0 Å². The molecule has 3 rings (SSSR count). The summed E-state index contributed by atoms with van der Waals surface area (Å²) in [4.78, 5) is 39.3. The van der Waals surface area contributed by atoms with Gasteiger partial charge in [0.1, 0.15) is 0 Å². The van der Waals surface area contributed by atoms with Crippen LogP contribution >= 0.6 is 11.8 Å². The van der Waals surface area contributed by atoms with Crippen LogP contribution in [0, 0.1) is 0 Å². The number of amides is 2. The third-order valence-electron chi connectivity index (χ3n) is 4.76. The minimum atomic E-state index is -0.622. The summed E-state index contributed by atoms with van der Waals surface area (Å²) in [5.74, 6) is -1.15. The summed E-state index contributed by atoms with van der Waals surface area (Å²) in [5, 5.41) is 5.31. The Labute approximate surface area is 180 Å². The molecule has 0 fully saturated rings. The lowest BCUT2D eigenvalue weighted by molar-refractivity contribution is -0.119. The summed E-state index contributed by atoms with van der Waals surface area (Å²) < 4.78 is 5.12. The molecule has 2 aromatic rings. The SMILES string of the molecule is CCN(CC)c1ccc(NC(=O)COC(=O)c2ccc3c(c2)NC(=O)C(C)S3)cc1. The molecular formula is C22H25N3O4S. The van der Waals surface area contributed by atoms with E-state index in [9.17, 15) is 14.4 Å². The first-order valence-electron chi connectivity index (χ1n) is 9.84. The Morgan fingerprint density at radius 1 is 1.13 bits per heavy atom. The fourth-order valence-electron chi connectivity index (χ4n) is 3.09. The molecule has 2 aromatic carbocycles. The van der Waals surface area contributed by atoms with Crippen LogP contribution in [0.25, 0.3) is 0 Å². The van der Waals surface area contributed by atoms with Gasteiger partial charge in [-0.15, -0.1) is 11.8 Å². The topological polar surface area (TPSA) is 87.7 Å². The molecule has 0 aliphatic carbocycles. The van der Waals surface area contributed by atoms with Gasteiger partial charge in [-0.25, -0.2) is 4.79 Å². The largest absolute Gasteiger partial charge is 0.452 e. The van der Waals surface area contributed by atoms with Gasteiger partial charge in [0.2, 0.25) is 5.91 Å². The highest BCUT2D eigenvalue weighted by molar-refractivity contribution is 8.00. The number of benzene rings is 2. The summed E-state index contributed by atoms with van der Waals surface area (Å²) in [7, 11) is 0. The maximum absolute atomic E-state index is 12.3. The monoisotopic (exact) mass is 427 g/mol. The molecule has 0 radical (unpaired) electrons. The molecule has 0 saturated carbocycles. The predicted molar refractivity (Wildman–Crippen MR) is 119 cm³/mol. The normalized spacial score (nSPS) is 15.0. The van der Waals surface area contributed by atoms with Crippen LogP contribution in [-0.2, 0) is 14.3 Å². The number of carbonyl (C=O) groups excluding carboxylic acids is 3. The summed E-state index contributed by atoms with van der Waals surface area (Å²) in [6, 6.07) is 12.5. The lowest BCUT2D eigenvalue weighted by atomic mass is 10.2. The molecule has 1 heterocycles. The average Bonchev–Trinajstić information content (AvgIpc) is 2.74. The zero-order valence-electron chi connectivity index (χ0n) is 17.2. The molecule has 0 aromatic heterocycles. The first-order valence-corrected chi connectivity index (χ1v) is 10.7. The lowest BCUT2D eigenvalue weighted by Gasteiger charge is -2.21. The lowest BCUT2D eigenvalue weighted by Crippen LogP contribution is -2.26. The highest BCUT2D eigenvalue weighted by atomic mass is 32.2. The van der Waals surface area contributed by atoms with Crippen LogP contribution in [0.4, 0.5) is 17.1 Å². The summed E-state index contributed by atoms with van der Waals surface area (Å²) in [5.41, 5.74) is 2.57. The van der Waals surface area contributed by atoms with E-state index in [0.29, 0.717) is 11.4 Å². The van der Waals surface area contributed by atoms with Crippen molar-refractivity contribution in [2.75, 3.05) is 35.2 Å². The molecule has 0 bridgehead atoms. The van der Waals surface area contributed by atoms with Gasteiger partial charge in [0.15, 0.2) is 6.61 Å². The number of anilines is 3. The summed E-state index contributed by atoms with van der Waals surface area (Å²) in [6.45, 7) is 7.41. The molecule has 8 heteroatoms. The van der Waals surface area contributed by atoms with Crippen LogP contribution < -0.4 is 15.5 Å². The maximum Gasteiger partial charge on any atom is 0.338 e. The number of rotatable bonds is 7. The first kappa shape index (κ1) is 21.7. The van der Waals surface area contributed by atoms with Crippen molar-refractivity contribution in [3.8, 4) is 0 Å². The Kier molecular flexibility index (Phi) is 6.99. The average molecular weight is 428 g/mol. The molecule has 0 spiro atoms. The Bertz CT molecular complexity index is 942. The predicted octanol–water partition coefficient (Wildman–Crippen LogP) is 3.76. The van der Waals surface area contributed by atoms with E-state index in [0.717, 1.165) is 23.7 Å². The Balaban J connectivity index is 1.54. The zero-order valence-corrected chi connectivity index (χ0v) is 18.0. The van der Waals surface area contributed by atoms with Gasteiger partial charge < -0.3 is 20.3 Å². The number of thioether (sulfide) groups is 1. The first-order chi connectivity index (χ1) is 14.4. The highest BCUT2D eigenvalue weighted by Gasteiger charge is 2.24. The Morgan fingerprint density at radius 2 is 1.83 bits per heavy atom. The molecule has 7 nitrogen and oxygen atoms in total. The van der Waals surface area contributed by atoms with Gasteiger partial charge in [-0.1, -0.05) is 0 Å². The second kappa shape index (κ2) is 9.67. The van der Waals surface area contributed by atoms with Gasteiger partial charge in [-0.3, -0.25) is 9.59 Å². The molecule has 1 atom stereocenters. The van der Waals surface area contributed by atoms with E-state index < -0.39 is 18.5 Å². The van der Waals surface area contributed by atoms with Crippen LogP contribution in [0.1, 0.15) is 31.1 Å². The van der Waals surface area contributed by atoms with E-state index in [1.165, 1.54) is 11.8 Å². The number of nitrogens with one attached hydrogen (secondary N) is 2. The molecule has 0 saturated heterocycles. The molecule has 158 valence electrons. The van der Waals surface area contributed by atoms with Crippen molar-refractivity contribution < 1.29 is 19.1 Å². The van der Waals surface area contributed by atoms with E-state index >= 15 is 0 Å². The Hall–Kier alpha value is -3.00. The van der Waals surface area contributed by atoms with E-state index in [1.807, 2.05) is 31.2 Å². The molecule has 30 heavy (non-hydrogen) atoms. The molecule has 1 aliphatic heterocycles. The highest BCUT2D eigenvalue weighted by Crippen LogP contribution is 2.36. The van der Waals surface area contributed by atoms with Gasteiger partial charge in [0, 0.05) is 29.4 Å². The third kappa shape index (κ3) is 5.13. The zero-order chi connectivity index (χ0) is 21.7. The van der Waals surface area contributed by atoms with E-state index in [2.05, 4.69) is 29.4 Å². The standard InChI is InChI=1S/C22H25N3O4S/c1-4-25(5-2)17-9-7-16(8-10-17)23-20(26)13-29-22(28)15-6-11-19-18(12-15)24-21(27)14(3)30-19/h6-12,14H,4-5,13H2,1-3H3,(H,23,26)(H,24,27). The second-order valence-corrected chi connectivity index (χ2v) is 8.19. The number of hydrogen-bond acceptors (Lipinski definition) is 6. The van der Waals surface area contributed by atoms with Gasteiger partial charge >= 0.3 is 5.97 Å². The number of esters is 1. The van der Waals surface area contributed by atoms with Crippen LogP contribution in [0.15, 0.2) is 47.4 Å². The quantitative estimate of drug-likeness (QED) is 0.654. The second-order valence-electron chi connectivity index (χ2n) is 6.80.